The molecular weight excluding hydrogens is 150 g/mol. The number of aromatic amines is 1. The van der Waals surface area contributed by atoms with Crippen LogP contribution in [0.2, 0.25) is 0 Å². The van der Waals surface area contributed by atoms with E-state index in [1.807, 2.05) is 19.1 Å². The summed E-state index contributed by atoms with van der Waals surface area (Å²) in [6.45, 7) is 6.21. The molecule has 0 unspecified atom stereocenters. The third kappa shape index (κ3) is 3.96. The average Bonchev–Trinajstić information content (AvgIpc) is 2.07. The molecule has 0 fully saturated rings. The zero-order chi connectivity index (χ0) is 9.40. The number of rotatable bonds is 1. The largest absolute Gasteiger partial charge is 0.329 e. The van der Waals surface area contributed by atoms with Gasteiger partial charge in [0.05, 0.1) is 0 Å². The summed E-state index contributed by atoms with van der Waals surface area (Å²) in [6.07, 6.45) is 3.69. The molecule has 0 saturated heterocycles. The minimum Gasteiger partial charge on any atom is -0.329 e. The van der Waals surface area contributed by atoms with Crippen molar-refractivity contribution in [3.8, 4) is 0 Å². The molecule has 2 nitrogen and oxygen atoms in total. The molecule has 0 saturated carbocycles. The minimum absolute atomic E-state index is 0.0278. The van der Waals surface area contributed by atoms with E-state index < -0.39 is 0 Å². The summed E-state index contributed by atoms with van der Waals surface area (Å²) in [4.78, 5) is 13.4. The van der Waals surface area contributed by atoms with Crippen LogP contribution in [0.4, 0.5) is 0 Å². The lowest BCUT2D eigenvalue weighted by Gasteiger charge is -1.89. The number of pyridine rings is 1. The maximum absolute atomic E-state index is 10.8. The number of hydrogen-bond donors (Lipinski definition) is 1. The predicted octanol–water partition coefficient (Wildman–Crippen LogP) is 2.35. The van der Waals surface area contributed by atoms with E-state index in [1.54, 1.807) is 6.20 Å². The highest BCUT2D eigenvalue weighted by atomic mass is 16.1. The van der Waals surface area contributed by atoms with Gasteiger partial charge in [-0.05, 0) is 12.5 Å². The molecule has 68 valence electrons. The van der Waals surface area contributed by atoms with Crippen LogP contribution in [-0.4, -0.2) is 4.98 Å². The van der Waals surface area contributed by atoms with E-state index in [9.17, 15) is 4.79 Å². The van der Waals surface area contributed by atoms with Gasteiger partial charge in [-0.3, -0.25) is 4.79 Å². The van der Waals surface area contributed by atoms with Gasteiger partial charge < -0.3 is 4.98 Å². The second-order valence-electron chi connectivity index (χ2n) is 2.59. The third-order valence-electron chi connectivity index (χ3n) is 1.28. The fourth-order valence-electron chi connectivity index (χ4n) is 0.735. The Hall–Kier alpha value is -1.05. The lowest BCUT2D eigenvalue weighted by Crippen LogP contribution is -2.09. The molecular formula is C10H17NO. The van der Waals surface area contributed by atoms with E-state index in [-0.39, 0.29) is 5.56 Å². The second-order valence-corrected chi connectivity index (χ2v) is 2.59. The number of hydrogen-bond acceptors (Lipinski definition) is 1. The fraction of sp³-hybridized carbons (Fsp3) is 0.500. The molecule has 0 atom stereocenters. The summed E-state index contributed by atoms with van der Waals surface area (Å²) in [7, 11) is 0. The van der Waals surface area contributed by atoms with Crippen LogP contribution < -0.4 is 5.56 Å². The van der Waals surface area contributed by atoms with Crippen molar-refractivity contribution in [1.29, 1.82) is 0 Å². The number of H-pyrrole nitrogens is 1. The van der Waals surface area contributed by atoms with Crippen LogP contribution in [0, 0.1) is 0 Å². The van der Waals surface area contributed by atoms with Crippen molar-refractivity contribution >= 4 is 0 Å². The maximum atomic E-state index is 10.8. The zero-order valence-corrected chi connectivity index (χ0v) is 8.05. The monoisotopic (exact) mass is 167 g/mol. The van der Waals surface area contributed by atoms with E-state index in [0.717, 1.165) is 12.0 Å². The molecule has 1 aromatic heterocycles. The quantitative estimate of drug-likeness (QED) is 0.684. The Kier molecular flexibility index (Phi) is 6.07. The van der Waals surface area contributed by atoms with Gasteiger partial charge in [0, 0.05) is 11.8 Å². The van der Waals surface area contributed by atoms with Gasteiger partial charge in [0.15, 0.2) is 0 Å². The molecule has 0 spiro atoms. The first kappa shape index (κ1) is 11.0. The highest BCUT2D eigenvalue weighted by molar-refractivity contribution is 5.07. The second kappa shape index (κ2) is 6.65. The van der Waals surface area contributed by atoms with Gasteiger partial charge in [0.2, 0.25) is 0 Å². The van der Waals surface area contributed by atoms with Crippen molar-refractivity contribution in [3.63, 3.8) is 0 Å². The Morgan fingerprint density at radius 2 is 1.92 bits per heavy atom. The SMILES string of the molecule is CCC.CCc1ccc[nH]c1=O. The first-order valence-electron chi connectivity index (χ1n) is 4.42. The summed E-state index contributed by atoms with van der Waals surface area (Å²) < 4.78 is 0. The van der Waals surface area contributed by atoms with Crippen molar-refractivity contribution in [2.24, 2.45) is 0 Å². The van der Waals surface area contributed by atoms with Crippen LogP contribution in [0.3, 0.4) is 0 Å². The molecule has 0 aliphatic heterocycles. The van der Waals surface area contributed by atoms with Crippen LogP contribution >= 0.6 is 0 Å². The Morgan fingerprint density at radius 1 is 1.33 bits per heavy atom. The highest BCUT2D eigenvalue weighted by Crippen LogP contribution is 1.87. The summed E-state index contributed by atoms with van der Waals surface area (Å²) >= 11 is 0. The van der Waals surface area contributed by atoms with Crippen molar-refractivity contribution in [2.45, 2.75) is 33.6 Å². The van der Waals surface area contributed by atoms with E-state index in [1.165, 1.54) is 6.42 Å². The van der Waals surface area contributed by atoms with Crippen LogP contribution in [0.15, 0.2) is 23.1 Å². The van der Waals surface area contributed by atoms with E-state index in [4.69, 9.17) is 0 Å². The van der Waals surface area contributed by atoms with Gasteiger partial charge in [-0.25, -0.2) is 0 Å². The molecule has 0 aliphatic rings. The lowest BCUT2D eigenvalue weighted by atomic mass is 10.2. The molecule has 12 heavy (non-hydrogen) atoms. The summed E-state index contributed by atoms with van der Waals surface area (Å²) in [5.74, 6) is 0. The fourth-order valence-corrected chi connectivity index (χ4v) is 0.735. The Morgan fingerprint density at radius 3 is 2.25 bits per heavy atom. The van der Waals surface area contributed by atoms with Crippen molar-refractivity contribution in [2.75, 3.05) is 0 Å². The molecule has 1 aromatic rings. The van der Waals surface area contributed by atoms with Gasteiger partial charge in [0.1, 0.15) is 0 Å². The number of aromatic nitrogens is 1. The van der Waals surface area contributed by atoms with Gasteiger partial charge in [0.25, 0.3) is 5.56 Å². The molecule has 1 rings (SSSR count). The van der Waals surface area contributed by atoms with Crippen LogP contribution in [-0.2, 0) is 6.42 Å². The van der Waals surface area contributed by atoms with E-state index in [2.05, 4.69) is 18.8 Å². The maximum Gasteiger partial charge on any atom is 0.251 e. The first-order valence-corrected chi connectivity index (χ1v) is 4.42. The van der Waals surface area contributed by atoms with E-state index in [0.29, 0.717) is 0 Å². The normalized spacial score (nSPS) is 8.58. The predicted molar refractivity (Wildman–Crippen MR) is 52.4 cm³/mol. The van der Waals surface area contributed by atoms with Crippen LogP contribution in [0.25, 0.3) is 0 Å². The van der Waals surface area contributed by atoms with Crippen molar-refractivity contribution in [3.05, 3.63) is 34.2 Å². The molecule has 0 bridgehead atoms. The van der Waals surface area contributed by atoms with Crippen molar-refractivity contribution < 1.29 is 0 Å². The standard InChI is InChI=1S/C7H9NO.C3H8/c1-2-6-4-3-5-8-7(6)9;1-3-2/h3-5H,2H2,1H3,(H,8,9);3H2,1-2H3. The van der Waals surface area contributed by atoms with Gasteiger partial charge >= 0.3 is 0 Å². The molecule has 0 amide bonds. The molecule has 2 heteroatoms. The first-order chi connectivity index (χ1) is 5.76. The Balaban J connectivity index is 0.000000354. The summed E-state index contributed by atoms with van der Waals surface area (Å²) in [6, 6.07) is 3.67. The number of aryl methyl sites for hydroxylation is 1. The smallest absolute Gasteiger partial charge is 0.251 e. The topological polar surface area (TPSA) is 32.9 Å². The van der Waals surface area contributed by atoms with Gasteiger partial charge in [-0.15, -0.1) is 0 Å². The molecule has 0 aromatic carbocycles. The summed E-state index contributed by atoms with van der Waals surface area (Å²) in [5.41, 5.74) is 0.873. The average molecular weight is 167 g/mol. The Bertz CT molecular complexity index is 252. The van der Waals surface area contributed by atoms with Crippen molar-refractivity contribution in [1.82, 2.24) is 4.98 Å². The Labute approximate surface area is 73.6 Å². The highest BCUT2D eigenvalue weighted by Gasteiger charge is 1.90. The minimum atomic E-state index is 0.0278. The molecule has 0 radical (unpaired) electrons. The van der Waals surface area contributed by atoms with Crippen LogP contribution in [0.1, 0.15) is 32.8 Å². The van der Waals surface area contributed by atoms with E-state index >= 15 is 0 Å². The number of nitrogens with one attached hydrogen (secondary N) is 1. The van der Waals surface area contributed by atoms with Crippen LogP contribution in [0.5, 0.6) is 0 Å². The zero-order valence-electron chi connectivity index (χ0n) is 8.05. The molecule has 1 N–H and O–H groups in total. The molecule has 1 heterocycles. The summed E-state index contributed by atoms with van der Waals surface area (Å²) in [5, 5.41) is 0. The lowest BCUT2D eigenvalue weighted by molar-refractivity contribution is 1.06. The van der Waals surface area contributed by atoms with Gasteiger partial charge in [-0.1, -0.05) is 33.3 Å². The third-order valence-corrected chi connectivity index (χ3v) is 1.28. The van der Waals surface area contributed by atoms with Gasteiger partial charge in [-0.2, -0.15) is 0 Å². The molecule has 0 aliphatic carbocycles.